The molecule has 0 radical (unpaired) electrons. The van der Waals surface area contributed by atoms with Gasteiger partial charge in [-0.25, -0.2) is 0 Å². The van der Waals surface area contributed by atoms with Gasteiger partial charge in [-0.3, -0.25) is 0 Å². The third-order valence-corrected chi connectivity index (χ3v) is 2.39. The van der Waals surface area contributed by atoms with Crippen LogP contribution in [0.15, 0.2) is 23.8 Å². The number of phenols is 1. The number of ether oxygens (including phenoxy) is 2. The maximum atomic E-state index is 9.89. The van der Waals surface area contributed by atoms with Gasteiger partial charge in [0.15, 0.2) is 11.5 Å². The van der Waals surface area contributed by atoms with Gasteiger partial charge in [0.2, 0.25) is 0 Å². The van der Waals surface area contributed by atoms with Gasteiger partial charge in [0.25, 0.3) is 0 Å². The molecule has 0 spiro atoms. The summed E-state index contributed by atoms with van der Waals surface area (Å²) in [4.78, 5) is 0. The first-order chi connectivity index (χ1) is 8.08. The highest BCUT2D eigenvalue weighted by Crippen LogP contribution is 2.34. The van der Waals surface area contributed by atoms with Crippen LogP contribution in [0.5, 0.6) is 17.2 Å². The van der Waals surface area contributed by atoms with Gasteiger partial charge in [-0.1, -0.05) is 11.6 Å². The van der Waals surface area contributed by atoms with Crippen molar-refractivity contribution in [3.63, 3.8) is 0 Å². The second kappa shape index (κ2) is 6.18. The molecule has 94 valence electrons. The number of methoxy groups -OCH3 is 1. The van der Waals surface area contributed by atoms with Crippen molar-refractivity contribution in [1.29, 1.82) is 0 Å². The van der Waals surface area contributed by atoms with Crippen molar-refractivity contribution in [2.75, 3.05) is 13.7 Å². The Morgan fingerprint density at radius 1 is 1.29 bits per heavy atom. The molecule has 17 heavy (non-hydrogen) atoms. The Kier molecular flexibility index (Phi) is 4.88. The van der Waals surface area contributed by atoms with E-state index >= 15 is 0 Å². The van der Waals surface area contributed by atoms with Gasteiger partial charge < -0.3 is 14.6 Å². The van der Waals surface area contributed by atoms with Crippen LogP contribution in [0.25, 0.3) is 0 Å². The molecule has 1 aromatic rings. The van der Waals surface area contributed by atoms with Crippen LogP contribution in [0.3, 0.4) is 0 Å². The van der Waals surface area contributed by atoms with E-state index < -0.39 is 0 Å². The Morgan fingerprint density at radius 2 is 2.00 bits per heavy atom. The molecule has 1 rings (SSSR count). The zero-order chi connectivity index (χ0) is 12.8. The van der Waals surface area contributed by atoms with Crippen LogP contribution in [-0.2, 0) is 6.42 Å². The van der Waals surface area contributed by atoms with E-state index in [1.165, 1.54) is 5.57 Å². The van der Waals surface area contributed by atoms with Crippen LogP contribution < -0.4 is 9.47 Å². The number of aromatic hydroxyl groups is 1. The molecule has 0 fully saturated rings. The summed E-state index contributed by atoms with van der Waals surface area (Å²) in [6, 6.07) is 3.43. The quantitative estimate of drug-likeness (QED) is 0.797. The Morgan fingerprint density at radius 3 is 2.53 bits per heavy atom. The van der Waals surface area contributed by atoms with E-state index in [0.29, 0.717) is 24.5 Å². The third-order valence-electron chi connectivity index (χ3n) is 2.39. The molecule has 1 aromatic carbocycles. The number of hydrogen-bond acceptors (Lipinski definition) is 3. The molecule has 0 bridgehead atoms. The minimum atomic E-state index is 0.242. The SMILES string of the molecule is CCOc1cc(O)c(CC=C(C)C)cc1OC. The summed E-state index contributed by atoms with van der Waals surface area (Å²) in [7, 11) is 1.60. The monoisotopic (exact) mass is 236 g/mol. The fraction of sp³-hybridized carbons (Fsp3) is 0.429. The van der Waals surface area contributed by atoms with Crippen molar-refractivity contribution in [1.82, 2.24) is 0 Å². The van der Waals surface area contributed by atoms with Crippen molar-refractivity contribution >= 4 is 0 Å². The topological polar surface area (TPSA) is 38.7 Å². The Bertz CT molecular complexity index is 404. The number of rotatable bonds is 5. The largest absolute Gasteiger partial charge is 0.508 e. The van der Waals surface area contributed by atoms with E-state index in [0.717, 1.165) is 5.56 Å². The first-order valence-corrected chi connectivity index (χ1v) is 5.74. The first kappa shape index (κ1) is 13.4. The van der Waals surface area contributed by atoms with E-state index in [9.17, 15) is 5.11 Å². The molecule has 3 nitrogen and oxygen atoms in total. The molecule has 0 aliphatic heterocycles. The summed E-state index contributed by atoms with van der Waals surface area (Å²) >= 11 is 0. The third kappa shape index (κ3) is 3.70. The molecule has 0 heterocycles. The van der Waals surface area contributed by atoms with E-state index in [1.807, 2.05) is 26.8 Å². The second-order valence-electron chi connectivity index (χ2n) is 4.05. The van der Waals surface area contributed by atoms with E-state index in [4.69, 9.17) is 9.47 Å². The summed E-state index contributed by atoms with van der Waals surface area (Å²) in [6.45, 7) is 6.50. The lowest BCUT2D eigenvalue weighted by atomic mass is 10.1. The van der Waals surface area contributed by atoms with Crippen LogP contribution in [0, 0.1) is 0 Å². The minimum Gasteiger partial charge on any atom is -0.508 e. The van der Waals surface area contributed by atoms with Gasteiger partial charge in [0.05, 0.1) is 13.7 Å². The molecule has 1 N–H and O–H groups in total. The summed E-state index contributed by atoms with van der Waals surface area (Å²) in [6.07, 6.45) is 2.76. The molecule has 0 saturated heterocycles. The van der Waals surface area contributed by atoms with Crippen molar-refractivity contribution in [3.05, 3.63) is 29.3 Å². The molecule has 0 amide bonds. The lowest BCUT2D eigenvalue weighted by Crippen LogP contribution is -1.96. The zero-order valence-corrected chi connectivity index (χ0v) is 10.9. The van der Waals surface area contributed by atoms with Crippen LogP contribution in [0.4, 0.5) is 0 Å². The fourth-order valence-corrected chi connectivity index (χ4v) is 1.50. The average Bonchev–Trinajstić information content (AvgIpc) is 2.28. The highest BCUT2D eigenvalue weighted by Gasteiger charge is 2.09. The first-order valence-electron chi connectivity index (χ1n) is 5.74. The highest BCUT2D eigenvalue weighted by atomic mass is 16.5. The van der Waals surface area contributed by atoms with Crippen molar-refractivity contribution in [3.8, 4) is 17.2 Å². The Labute approximate surface area is 103 Å². The predicted molar refractivity (Wildman–Crippen MR) is 69.0 cm³/mol. The summed E-state index contributed by atoms with van der Waals surface area (Å²) in [5.41, 5.74) is 2.06. The number of benzene rings is 1. The van der Waals surface area contributed by atoms with Crippen LogP contribution in [-0.4, -0.2) is 18.8 Å². The molecular formula is C14H20O3. The average molecular weight is 236 g/mol. The fourth-order valence-electron chi connectivity index (χ4n) is 1.50. The molecule has 0 saturated carbocycles. The van der Waals surface area contributed by atoms with Gasteiger partial charge in [0.1, 0.15) is 5.75 Å². The maximum absolute atomic E-state index is 9.89. The summed E-state index contributed by atoms with van der Waals surface area (Å²) in [5, 5.41) is 9.89. The second-order valence-corrected chi connectivity index (χ2v) is 4.05. The predicted octanol–water partition coefficient (Wildman–Crippen LogP) is 3.31. The summed E-state index contributed by atoms with van der Waals surface area (Å²) in [5.74, 6) is 1.47. The normalized spacial score (nSPS) is 9.88. The van der Waals surface area contributed by atoms with Crippen LogP contribution >= 0.6 is 0 Å². The minimum absolute atomic E-state index is 0.242. The number of allylic oxidation sites excluding steroid dienone is 2. The van der Waals surface area contributed by atoms with E-state index in [-0.39, 0.29) is 5.75 Å². The van der Waals surface area contributed by atoms with Crippen LogP contribution in [0.1, 0.15) is 26.3 Å². The molecule has 0 aromatic heterocycles. The highest BCUT2D eigenvalue weighted by molar-refractivity contribution is 5.50. The molecule has 0 atom stereocenters. The van der Waals surface area contributed by atoms with Gasteiger partial charge in [0, 0.05) is 11.6 Å². The van der Waals surface area contributed by atoms with E-state index in [1.54, 1.807) is 13.2 Å². The van der Waals surface area contributed by atoms with Gasteiger partial charge in [-0.05, 0) is 33.3 Å². The van der Waals surface area contributed by atoms with Crippen molar-refractivity contribution < 1.29 is 14.6 Å². The smallest absolute Gasteiger partial charge is 0.164 e. The molecule has 0 aliphatic carbocycles. The molecular weight excluding hydrogens is 216 g/mol. The lowest BCUT2D eigenvalue weighted by Gasteiger charge is -2.12. The lowest BCUT2D eigenvalue weighted by molar-refractivity contribution is 0.308. The van der Waals surface area contributed by atoms with Gasteiger partial charge >= 0.3 is 0 Å². The van der Waals surface area contributed by atoms with Gasteiger partial charge in [-0.2, -0.15) is 0 Å². The van der Waals surface area contributed by atoms with Gasteiger partial charge in [-0.15, -0.1) is 0 Å². The van der Waals surface area contributed by atoms with Crippen molar-refractivity contribution in [2.24, 2.45) is 0 Å². The number of hydrogen-bond donors (Lipinski definition) is 1. The number of phenolic OH excluding ortho intramolecular Hbond substituents is 1. The molecule has 0 unspecified atom stereocenters. The molecule has 0 aliphatic rings. The summed E-state index contributed by atoms with van der Waals surface area (Å²) < 4.78 is 10.6. The van der Waals surface area contributed by atoms with Crippen LogP contribution in [0.2, 0.25) is 0 Å². The Balaban J connectivity index is 3.04. The standard InChI is InChI=1S/C14H20O3/c1-5-17-14-9-12(15)11(7-6-10(2)3)8-13(14)16-4/h6,8-9,15H,5,7H2,1-4H3. The van der Waals surface area contributed by atoms with E-state index in [2.05, 4.69) is 6.08 Å². The maximum Gasteiger partial charge on any atom is 0.164 e. The zero-order valence-electron chi connectivity index (χ0n) is 10.9. The Hall–Kier alpha value is -1.64. The van der Waals surface area contributed by atoms with Crippen molar-refractivity contribution in [2.45, 2.75) is 27.2 Å². The molecule has 3 heteroatoms.